The Morgan fingerprint density at radius 2 is 1.97 bits per heavy atom. The zero-order chi connectivity index (χ0) is 23.9. The third kappa shape index (κ3) is 4.42. The molecule has 1 aliphatic heterocycles. The van der Waals surface area contributed by atoms with Crippen LogP contribution in [-0.4, -0.2) is 54.3 Å². The fraction of sp³-hybridized carbons (Fsp3) is 0.350. The molecule has 0 radical (unpaired) electrons. The van der Waals surface area contributed by atoms with Crippen LogP contribution in [-0.2, 0) is 16.2 Å². The highest BCUT2D eigenvalue weighted by molar-refractivity contribution is 7.89. The zero-order valence-corrected chi connectivity index (χ0v) is 17.4. The van der Waals surface area contributed by atoms with Crippen molar-refractivity contribution in [2.24, 2.45) is 0 Å². The maximum absolute atomic E-state index is 13.8. The van der Waals surface area contributed by atoms with Gasteiger partial charge in [-0.2, -0.15) is 22.7 Å². The summed E-state index contributed by atoms with van der Waals surface area (Å²) in [7, 11) is -4.36. The first-order valence-corrected chi connectivity index (χ1v) is 10.6. The number of benzene rings is 2. The summed E-state index contributed by atoms with van der Waals surface area (Å²) in [6.45, 7) is -0.740. The van der Waals surface area contributed by atoms with Gasteiger partial charge in [-0.05, 0) is 42.8 Å². The van der Waals surface area contributed by atoms with Gasteiger partial charge in [0, 0.05) is 12.6 Å². The molecular weight excluding hydrogens is 456 g/mol. The van der Waals surface area contributed by atoms with E-state index < -0.39 is 63.9 Å². The summed E-state index contributed by atoms with van der Waals surface area (Å²) in [5.41, 5.74) is -3.46. The number of rotatable bonds is 5. The second-order valence-corrected chi connectivity index (χ2v) is 9.30. The summed E-state index contributed by atoms with van der Waals surface area (Å²) in [6, 6.07) is 7.07. The minimum Gasteiger partial charge on any atom is -0.486 e. The van der Waals surface area contributed by atoms with E-state index in [2.05, 4.69) is 0 Å². The molecule has 0 aliphatic carbocycles. The molecule has 1 fully saturated rings. The first-order chi connectivity index (χ1) is 14.8. The zero-order valence-electron chi connectivity index (χ0n) is 16.6. The lowest BCUT2D eigenvalue weighted by atomic mass is 10.0. The molecular formula is C20H18F4N2O5S. The van der Waals surface area contributed by atoms with Crippen LogP contribution in [0.25, 0.3) is 0 Å². The SMILES string of the molecule is Cc1cc(C(F)(F)F)ccc1S(=O)(=O)N1CC(Oc2ccc(C#N)c(F)c2)[C@](O)(CO)C1. The second-order valence-electron chi connectivity index (χ2n) is 7.40. The Kier molecular flexibility index (Phi) is 6.23. The highest BCUT2D eigenvalue weighted by Crippen LogP contribution is 2.35. The normalized spacial score (nSPS) is 22.0. The van der Waals surface area contributed by atoms with Gasteiger partial charge in [0.25, 0.3) is 0 Å². The van der Waals surface area contributed by atoms with E-state index in [0.717, 1.165) is 22.5 Å². The molecule has 1 unspecified atom stereocenters. The second kappa shape index (κ2) is 8.32. The third-order valence-electron chi connectivity index (χ3n) is 5.15. The predicted molar refractivity (Wildman–Crippen MR) is 103 cm³/mol. The van der Waals surface area contributed by atoms with E-state index in [1.165, 1.54) is 13.0 Å². The lowest BCUT2D eigenvalue weighted by molar-refractivity contribution is -0.137. The Labute approximate surface area is 181 Å². The highest BCUT2D eigenvalue weighted by Gasteiger charge is 2.51. The minimum absolute atomic E-state index is 0.108. The number of nitrogens with zero attached hydrogens (tertiary/aromatic N) is 2. The number of halogens is 4. The van der Waals surface area contributed by atoms with E-state index in [-0.39, 0.29) is 16.9 Å². The van der Waals surface area contributed by atoms with Crippen LogP contribution in [0, 0.1) is 24.1 Å². The Morgan fingerprint density at radius 3 is 2.50 bits per heavy atom. The number of ether oxygens (including phenoxy) is 1. The van der Waals surface area contributed by atoms with Crippen molar-refractivity contribution in [2.75, 3.05) is 19.7 Å². The number of nitriles is 1. The molecule has 1 saturated heterocycles. The summed E-state index contributed by atoms with van der Waals surface area (Å²) in [5, 5.41) is 29.2. The van der Waals surface area contributed by atoms with Gasteiger partial charge in [0.05, 0.1) is 29.2 Å². The molecule has 12 heteroatoms. The maximum Gasteiger partial charge on any atom is 0.416 e. The van der Waals surface area contributed by atoms with Crippen molar-refractivity contribution in [1.82, 2.24) is 4.31 Å². The van der Waals surface area contributed by atoms with Gasteiger partial charge in [0.1, 0.15) is 29.3 Å². The van der Waals surface area contributed by atoms with Gasteiger partial charge in [0.2, 0.25) is 10.0 Å². The van der Waals surface area contributed by atoms with Gasteiger partial charge in [-0.15, -0.1) is 0 Å². The first kappa shape index (κ1) is 23.9. The topological polar surface area (TPSA) is 111 Å². The number of aliphatic hydroxyl groups is 2. The van der Waals surface area contributed by atoms with E-state index in [1.807, 2.05) is 0 Å². The van der Waals surface area contributed by atoms with Crippen LogP contribution in [0.5, 0.6) is 5.75 Å². The third-order valence-corrected chi connectivity index (χ3v) is 7.12. The lowest BCUT2D eigenvalue weighted by Gasteiger charge is -2.27. The Morgan fingerprint density at radius 1 is 1.28 bits per heavy atom. The van der Waals surface area contributed by atoms with Crippen LogP contribution in [0.15, 0.2) is 41.3 Å². The average molecular weight is 474 g/mol. The van der Waals surface area contributed by atoms with Gasteiger partial charge in [0.15, 0.2) is 0 Å². The summed E-state index contributed by atoms with van der Waals surface area (Å²) in [6.07, 6.45) is -5.96. The van der Waals surface area contributed by atoms with Gasteiger partial charge >= 0.3 is 6.18 Å². The summed E-state index contributed by atoms with van der Waals surface area (Å²) >= 11 is 0. The molecule has 2 atom stereocenters. The molecule has 2 aromatic carbocycles. The predicted octanol–water partition coefficient (Wildman–Crippen LogP) is 2.20. The van der Waals surface area contributed by atoms with Crippen LogP contribution in [0.3, 0.4) is 0 Å². The van der Waals surface area contributed by atoms with Crippen molar-refractivity contribution in [2.45, 2.75) is 29.7 Å². The van der Waals surface area contributed by atoms with Crippen molar-refractivity contribution >= 4 is 10.0 Å². The van der Waals surface area contributed by atoms with Gasteiger partial charge in [-0.1, -0.05) is 0 Å². The molecule has 2 aromatic rings. The van der Waals surface area contributed by atoms with Gasteiger partial charge in [-0.3, -0.25) is 0 Å². The van der Waals surface area contributed by atoms with E-state index in [4.69, 9.17) is 10.00 Å². The molecule has 2 N–H and O–H groups in total. The standard InChI is InChI=1S/C20H18F4N2O5S/c1-12-6-14(20(22,23)24)3-5-17(12)32(29,30)26-9-18(19(28,10-26)11-27)31-15-4-2-13(8-25)16(21)7-15/h2-7,18,27-28H,9-11H2,1H3/t18?,19-/m1/s1. The van der Waals surface area contributed by atoms with Crippen LogP contribution in [0.4, 0.5) is 17.6 Å². The fourth-order valence-electron chi connectivity index (χ4n) is 3.39. The fourth-order valence-corrected chi connectivity index (χ4v) is 5.10. The number of hydrogen-bond donors (Lipinski definition) is 2. The van der Waals surface area contributed by atoms with Crippen LogP contribution in [0.1, 0.15) is 16.7 Å². The van der Waals surface area contributed by atoms with Crippen molar-refractivity contribution in [3.8, 4) is 11.8 Å². The van der Waals surface area contributed by atoms with Crippen molar-refractivity contribution < 1.29 is 40.9 Å². The molecule has 32 heavy (non-hydrogen) atoms. The average Bonchev–Trinajstić information content (AvgIpc) is 3.05. The molecule has 1 aliphatic rings. The van der Waals surface area contributed by atoms with Crippen LogP contribution in [0.2, 0.25) is 0 Å². The maximum atomic E-state index is 13.8. The summed E-state index contributed by atoms with van der Waals surface area (Å²) in [5.74, 6) is -0.997. The van der Waals surface area contributed by atoms with Crippen molar-refractivity contribution in [3.63, 3.8) is 0 Å². The number of sulfonamides is 1. The number of aliphatic hydroxyl groups excluding tert-OH is 1. The Bertz CT molecular complexity index is 1180. The smallest absolute Gasteiger partial charge is 0.416 e. The quantitative estimate of drug-likeness (QED) is 0.643. The molecule has 0 spiro atoms. The summed E-state index contributed by atoms with van der Waals surface area (Å²) < 4.78 is 84.9. The van der Waals surface area contributed by atoms with E-state index in [0.29, 0.717) is 12.1 Å². The lowest BCUT2D eigenvalue weighted by Crippen LogP contribution is -2.48. The molecule has 1 heterocycles. The monoisotopic (exact) mass is 474 g/mol. The van der Waals surface area contributed by atoms with E-state index >= 15 is 0 Å². The van der Waals surface area contributed by atoms with E-state index in [1.54, 1.807) is 6.07 Å². The Balaban J connectivity index is 1.90. The molecule has 0 saturated carbocycles. The largest absolute Gasteiger partial charge is 0.486 e. The molecule has 0 aromatic heterocycles. The first-order valence-electron chi connectivity index (χ1n) is 9.19. The number of aryl methyl sites for hydroxylation is 1. The van der Waals surface area contributed by atoms with Crippen LogP contribution >= 0.6 is 0 Å². The van der Waals surface area contributed by atoms with Crippen molar-refractivity contribution in [3.05, 3.63) is 58.9 Å². The molecule has 172 valence electrons. The van der Waals surface area contributed by atoms with Crippen LogP contribution < -0.4 is 4.74 Å². The minimum atomic E-state index is -4.65. The molecule has 3 rings (SSSR count). The molecule has 0 amide bonds. The number of alkyl halides is 3. The highest BCUT2D eigenvalue weighted by atomic mass is 32.2. The summed E-state index contributed by atoms with van der Waals surface area (Å²) in [4.78, 5) is -0.393. The van der Waals surface area contributed by atoms with Gasteiger partial charge in [-0.25, -0.2) is 12.8 Å². The Hall–Kier alpha value is -2.72. The molecule has 0 bridgehead atoms. The molecule has 7 nitrogen and oxygen atoms in total. The number of hydrogen-bond acceptors (Lipinski definition) is 6. The number of β-amino-alcohol motifs (C(OH)–C–C–N with tert-alkyl or cyclic N) is 1. The van der Waals surface area contributed by atoms with Gasteiger partial charge < -0.3 is 14.9 Å². The van der Waals surface area contributed by atoms with E-state index in [9.17, 15) is 36.2 Å². The van der Waals surface area contributed by atoms with Crippen molar-refractivity contribution in [1.29, 1.82) is 5.26 Å².